The summed E-state index contributed by atoms with van der Waals surface area (Å²) in [6.45, 7) is 0. The third kappa shape index (κ3) is 8.51. The van der Waals surface area contributed by atoms with E-state index in [1.165, 1.54) is 0 Å². The largest absolute Gasteiger partial charge is 0.508 e. The lowest BCUT2D eigenvalue weighted by Gasteiger charge is -1.82. The van der Waals surface area contributed by atoms with Crippen LogP contribution in [0.3, 0.4) is 0 Å². The minimum absolute atomic E-state index is 0.322. The molecule has 1 aromatic rings. The molecule has 0 saturated carbocycles. The van der Waals surface area contributed by atoms with E-state index >= 15 is 0 Å². The van der Waals surface area contributed by atoms with E-state index in [4.69, 9.17) is 14.5 Å². The average Bonchev–Trinajstić information content (AvgIpc) is 2.06. The van der Waals surface area contributed by atoms with Crippen molar-refractivity contribution < 1.29 is 22.9 Å². The minimum Gasteiger partial charge on any atom is -0.508 e. The first kappa shape index (κ1) is 11.6. The number of hydrogen-bond acceptors (Lipinski definition) is 4. The first-order chi connectivity index (χ1) is 5.95. The molecule has 1 aromatic carbocycles. The minimum atomic E-state index is -4.34. The average molecular weight is 204 g/mol. The predicted octanol–water partition coefficient (Wildman–Crippen LogP) is 0.457. The van der Waals surface area contributed by atoms with Gasteiger partial charge in [0.1, 0.15) is 5.75 Å². The van der Waals surface area contributed by atoms with Crippen LogP contribution in [0.2, 0.25) is 0 Å². The summed E-state index contributed by atoms with van der Waals surface area (Å²) in [7, 11) is -4.34. The molecule has 0 aliphatic rings. The standard InChI is InChI=1S/C6H6O.CH2O4S/c7-6-4-2-1-3-5-6;2-1-6(3,4)5/h1-5,7H;1H,(H,3,4,5). The molecule has 0 aromatic heterocycles. The third-order valence-corrected chi connectivity index (χ3v) is 1.12. The quantitative estimate of drug-likeness (QED) is 0.512. The summed E-state index contributed by atoms with van der Waals surface area (Å²) in [5, 5.41) is 8.63. The highest BCUT2D eigenvalue weighted by Gasteiger charge is 1.94. The van der Waals surface area contributed by atoms with Gasteiger partial charge in [-0.25, -0.2) is 0 Å². The van der Waals surface area contributed by atoms with Gasteiger partial charge >= 0.3 is 10.1 Å². The molecule has 0 heterocycles. The number of carbonyl (C=O) groups excluding carboxylic acids is 1. The van der Waals surface area contributed by atoms with Crippen molar-refractivity contribution in [2.75, 3.05) is 0 Å². The Bertz CT molecular complexity index is 331. The number of rotatable bonds is 1. The highest BCUT2D eigenvalue weighted by atomic mass is 32.2. The molecule has 0 radical (unpaired) electrons. The van der Waals surface area contributed by atoms with Crippen LogP contribution in [0, 0.1) is 0 Å². The smallest absolute Gasteiger partial charge is 0.325 e. The maximum absolute atomic E-state index is 9.19. The molecule has 6 heteroatoms. The Hall–Kier alpha value is -1.40. The van der Waals surface area contributed by atoms with Gasteiger partial charge in [0, 0.05) is 0 Å². The Morgan fingerprint density at radius 2 is 1.54 bits per heavy atom. The van der Waals surface area contributed by atoms with Crippen LogP contribution < -0.4 is 0 Å². The molecule has 1 rings (SSSR count). The van der Waals surface area contributed by atoms with Gasteiger partial charge in [-0.15, -0.1) is 0 Å². The topological polar surface area (TPSA) is 91.7 Å². The number of phenols is 1. The molecule has 0 atom stereocenters. The summed E-state index contributed by atoms with van der Waals surface area (Å²) in [5.74, 6) is 0.322. The van der Waals surface area contributed by atoms with E-state index in [0.29, 0.717) is 5.75 Å². The molecule has 0 amide bonds. The molecule has 0 aliphatic carbocycles. The molecule has 2 N–H and O–H groups in total. The molecular weight excluding hydrogens is 196 g/mol. The van der Waals surface area contributed by atoms with Crippen LogP contribution >= 0.6 is 0 Å². The second-order valence-electron chi connectivity index (χ2n) is 1.95. The van der Waals surface area contributed by atoms with Crippen molar-refractivity contribution in [1.29, 1.82) is 0 Å². The van der Waals surface area contributed by atoms with Gasteiger partial charge in [-0.1, -0.05) is 18.2 Å². The number of hydrogen-bond donors (Lipinski definition) is 2. The van der Waals surface area contributed by atoms with Crippen LogP contribution in [0.5, 0.6) is 5.75 Å². The van der Waals surface area contributed by atoms with E-state index in [1.54, 1.807) is 24.3 Å². The third-order valence-electron chi connectivity index (χ3n) is 0.878. The first-order valence-electron chi connectivity index (χ1n) is 3.12. The molecule has 5 nitrogen and oxygen atoms in total. The summed E-state index contributed by atoms with van der Waals surface area (Å²) in [5.41, 5.74) is -0.535. The van der Waals surface area contributed by atoms with Crippen LogP contribution in [-0.4, -0.2) is 23.7 Å². The Balaban J connectivity index is 0.000000226. The monoisotopic (exact) mass is 204 g/mol. The van der Waals surface area contributed by atoms with Crippen molar-refractivity contribution in [3.63, 3.8) is 0 Å². The van der Waals surface area contributed by atoms with Crippen LogP contribution in [0.1, 0.15) is 0 Å². The van der Waals surface area contributed by atoms with Gasteiger partial charge < -0.3 is 5.11 Å². The van der Waals surface area contributed by atoms with Crippen molar-refractivity contribution in [1.82, 2.24) is 0 Å². The first-order valence-corrected chi connectivity index (χ1v) is 4.62. The molecule has 72 valence electrons. The molecule has 0 aliphatic heterocycles. The van der Waals surface area contributed by atoms with Gasteiger partial charge in [0.25, 0.3) is 5.62 Å². The zero-order valence-electron chi connectivity index (χ0n) is 6.49. The fraction of sp³-hybridized carbons (Fsp3) is 0. The molecule has 0 fully saturated rings. The van der Waals surface area contributed by atoms with Crippen LogP contribution in [0.4, 0.5) is 0 Å². The van der Waals surface area contributed by atoms with Crippen molar-refractivity contribution >= 4 is 15.7 Å². The maximum atomic E-state index is 9.19. The predicted molar refractivity (Wildman–Crippen MR) is 46.4 cm³/mol. The van der Waals surface area contributed by atoms with Gasteiger partial charge in [0.15, 0.2) is 0 Å². The highest BCUT2D eigenvalue weighted by molar-refractivity contribution is 7.99. The van der Waals surface area contributed by atoms with Gasteiger partial charge in [-0.2, -0.15) is 8.42 Å². The summed E-state index contributed by atoms with van der Waals surface area (Å²) < 4.78 is 25.8. The molecule has 13 heavy (non-hydrogen) atoms. The van der Waals surface area contributed by atoms with Crippen molar-refractivity contribution in [2.45, 2.75) is 0 Å². The fourth-order valence-electron chi connectivity index (χ4n) is 0.428. The van der Waals surface area contributed by atoms with Crippen LogP contribution in [-0.2, 0) is 14.9 Å². The summed E-state index contributed by atoms with van der Waals surface area (Å²) in [4.78, 5) is 8.99. The molecular formula is C7H8O5S. The fourth-order valence-corrected chi connectivity index (χ4v) is 0.428. The lowest BCUT2D eigenvalue weighted by molar-refractivity contribution is 0.475. The SMILES string of the molecule is O=CS(=O)(=O)O.Oc1ccccc1. The van der Waals surface area contributed by atoms with Crippen molar-refractivity contribution in [3.05, 3.63) is 30.3 Å². The van der Waals surface area contributed by atoms with Gasteiger partial charge in [0.05, 0.1) is 0 Å². The lowest BCUT2D eigenvalue weighted by atomic mass is 10.3. The Kier molecular flexibility index (Phi) is 4.71. The summed E-state index contributed by atoms with van der Waals surface area (Å²) in [6.07, 6.45) is 0. The number of phenolic OH excluding ortho intramolecular Hbond substituents is 1. The number of benzene rings is 1. The highest BCUT2D eigenvalue weighted by Crippen LogP contribution is 2.02. The van der Waals surface area contributed by atoms with Crippen molar-refractivity contribution in [3.8, 4) is 5.75 Å². The van der Waals surface area contributed by atoms with Gasteiger partial charge in [-0.05, 0) is 12.1 Å². The molecule has 0 unspecified atom stereocenters. The van der Waals surface area contributed by atoms with Crippen molar-refractivity contribution in [2.24, 2.45) is 0 Å². The lowest BCUT2D eigenvalue weighted by Crippen LogP contribution is -1.94. The summed E-state index contributed by atoms with van der Waals surface area (Å²) >= 11 is 0. The second-order valence-corrected chi connectivity index (χ2v) is 3.17. The van der Waals surface area contributed by atoms with Crippen LogP contribution in [0.15, 0.2) is 30.3 Å². The van der Waals surface area contributed by atoms with Crippen LogP contribution in [0.25, 0.3) is 0 Å². The number of para-hydroxylation sites is 1. The summed E-state index contributed by atoms with van der Waals surface area (Å²) in [6, 6.07) is 8.71. The molecule has 0 bridgehead atoms. The Morgan fingerprint density at radius 1 is 1.15 bits per heavy atom. The zero-order valence-corrected chi connectivity index (χ0v) is 7.31. The van der Waals surface area contributed by atoms with E-state index in [0.717, 1.165) is 0 Å². The zero-order chi connectivity index (χ0) is 10.3. The molecule has 0 saturated heterocycles. The Labute approximate surface area is 75.4 Å². The van der Waals surface area contributed by atoms with Gasteiger partial charge in [-0.3, -0.25) is 9.35 Å². The van der Waals surface area contributed by atoms with Gasteiger partial charge in [0.2, 0.25) is 0 Å². The van der Waals surface area contributed by atoms with E-state index in [-0.39, 0.29) is 0 Å². The molecule has 0 spiro atoms. The number of carbonyl (C=O) groups is 1. The Morgan fingerprint density at radius 3 is 1.69 bits per heavy atom. The van der Waals surface area contributed by atoms with E-state index in [9.17, 15) is 8.42 Å². The maximum Gasteiger partial charge on any atom is 0.325 e. The van der Waals surface area contributed by atoms with E-state index in [1.807, 2.05) is 6.07 Å². The number of aromatic hydroxyl groups is 1. The normalized spacial score (nSPS) is 9.62. The van der Waals surface area contributed by atoms with E-state index in [2.05, 4.69) is 0 Å². The second kappa shape index (κ2) is 5.28. The van der Waals surface area contributed by atoms with E-state index < -0.39 is 15.7 Å².